The molecule has 0 spiro atoms. The number of anilines is 1. The van der Waals surface area contributed by atoms with Crippen LogP contribution in [0.1, 0.15) is 10.4 Å². The van der Waals surface area contributed by atoms with E-state index in [9.17, 15) is 4.79 Å². The molecule has 2 N–H and O–H groups in total. The molecule has 0 aliphatic carbocycles. The van der Waals surface area contributed by atoms with Gasteiger partial charge in [0.05, 0.1) is 6.54 Å². The molecule has 0 unspecified atom stereocenters. The standard InChI is InChI=1S/C16H13ClN2O/c17-11-4-3-5-12(8-11)18-10-16(20)14-9-19-15-7-2-1-6-13(14)15/h1-9,18-19H,10H2. The van der Waals surface area contributed by atoms with E-state index in [0.717, 1.165) is 16.6 Å². The van der Waals surface area contributed by atoms with E-state index >= 15 is 0 Å². The van der Waals surface area contributed by atoms with Gasteiger partial charge in [0.1, 0.15) is 0 Å². The SMILES string of the molecule is O=C(CNc1cccc(Cl)c1)c1c[nH]c2ccccc12. The van der Waals surface area contributed by atoms with Crippen molar-refractivity contribution in [3.05, 3.63) is 65.3 Å². The second kappa shape index (κ2) is 5.39. The predicted molar refractivity (Wildman–Crippen MR) is 82.6 cm³/mol. The number of ketones is 1. The Morgan fingerprint density at radius 1 is 1.15 bits per heavy atom. The van der Waals surface area contributed by atoms with Crippen molar-refractivity contribution in [2.45, 2.75) is 0 Å². The third-order valence-corrected chi connectivity index (χ3v) is 3.40. The van der Waals surface area contributed by atoms with Crippen molar-refractivity contribution in [1.82, 2.24) is 4.98 Å². The zero-order chi connectivity index (χ0) is 13.9. The van der Waals surface area contributed by atoms with Crippen molar-refractivity contribution in [2.75, 3.05) is 11.9 Å². The molecule has 0 bridgehead atoms. The Hall–Kier alpha value is -2.26. The van der Waals surface area contributed by atoms with Gasteiger partial charge in [-0.15, -0.1) is 0 Å². The van der Waals surface area contributed by atoms with Gasteiger partial charge in [-0.05, 0) is 24.3 Å². The van der Waals surface area contributed by atoms with Crippen LogP contribution in [0.2, 0.25) is 5.02 Å². The zero-order valence-corrected chi connectivity index (χ0v) is 11.4. The third kappa shape index (κ3) is 2.53. The number of hydrogen-bond donors (Lipinski definition) is 2. The van der Waals surface area contributed by atoms with Gasteiger partial charge in [-0.2, -0.15) is 0 Å². The van der Waals surface area contributed by atoms with Gasteiger partial charge in [0.25, 0.3) is 0 Å². The van der Waals surface area contributed by atoms with Gasteiger partial charge in [0, 0.05) is 33.4 Å². The fourth-order valence-corrected chi connectivity index (χ4v) is 2.37. The lowest BCUT2D eigenvalue weighted by Gasteiger charge is -2.05. The Bertz CT molecular complexity index is 764. The Balaban J connectivity index is 1.76. The number of aromatic nitrogens is 1. The largest absolute Gasteiger partial charge is 0.378 e. The van der Waals surface area contributed by atoms with Crippen molar-refractivity contribution < 1.29 is 4.79 Å². The Kier molecular flexibility index (Phi) is 3.44. The quantitative estimate of drug-likeness (QED) is 0.708. The van der Waals surface area contributed by atoms with Gasteiger partial charge in [-0.3, -0.25) is 4.79 Å². The summed E-state index contributed by atoms with van der Waals surface area (Å²) in [5.74, 6) is 0.0439. The summed E-state index contributed by atoms with van der Waals surface area (Å²) in [5.41, 5.74) is 2.51. The summed E-state index contributed by atoms with van der Waals surface area (Å²) in [6, 6.07) is 15.1. The maximum Gasteiger partial charge on any atom is 0.183 e. The lowest BCUT2D eigenvalue weighted by Crippen LogP contribution is -2.13. The summed E-state index contributed by atoms with van der Waals surface area (Å²) in [6.45, 7) is 0.238. The number of halogens is 1. The van der Waals surface area contributed by atoms with Crippen LogP contribution in [0.3, 0.4) is 0 Å². The summed E-state index contributed by atoms with van der Waals surface area (Å²) in [4.78, 5) is 15.4. The highest BCUT2D eigenvalue weighted by molar-refractivity contribution is 6.30. The summed E-state index contributed by atoms with van der Waals surface area (Å²) < 4.78 is 0. The van der Waals surface area contributed by atoms with Gasteiger partial charge in [-0.25, -0.2) is 0 Å². The highest BCUT2D eigenvalue weighted by atomic mass is 35.5. The van der Waals surface area contributed by atoms with Gasteiger partial charge < -0.3 is 10.3 Å². The minimum absolute atomic E-state index is 0.0439. The number of hydrogen-bond acceptors (Lipinski definition) is 2. The second-order valence-corrected chi connectivity index (χ2v) is 4.97. The Labute approximate surface area is 121 Å². The van der Waals surface area contributed by atoms with E-state index in [4.69, 9.17) is 11.6 Å². The maximum atomic E-state index is 12.3. The zero-order valence-electron chi connectivity index (χ0n) is 10.7. The van der Waals surface area contributed by atoms with E-state index in [1.54, 1.807) is 18.3 Å². The van der Waals surface area contributed by atoms with Gasteiger partial charge in [0.2, 0.25) is 0 Å². The third-order valence-electron chi connectivity index (χ3n) is 3.17. The summed E-state index contributed by atoms with van der Waals surface area (Å²) in [7, 11) is 0. The molecule has 1 heterocycles. The van der Waals surface area contributed by atoms with Crippen molar-refractivity contribution in [2.24, 2.45) is 0 Å². The number of carbonyl (C=O) groups is 1. The number of rotatable bonds is 4. The van der Waals surface area contributed by atoms with Crippen LogP contribution in [0.4, 0.5) is 5.69 Å². The number of Topliss-reactive ketones (excluding diaryl/α,β-unsaturated/α-hetero) is 1. The molecule has 0 atom stereocenters. The van der Waals surface area contributed by atoms with Gasteiger partial charge in [0.15, 0.2) is 5.78 Å². The first-order valence-corrected chi connectivity index (χ1v) is 6.70. The maximum absolute atomic E-state index is 12.3. The molecule has 1 aromatic heterocycles. The van der Waals surface area contributed by atoms with E-state index in [1.165, 1.54) is 0 Å². The average Bonchev–Trinajstić information content (AvgIpc) is 2.89. The molecule has 2 aromatic carbocycles. The predicted octanol–water partition coefficient (Wildman–Crippen LogP) is 4.12. The number of para-hydroxylation sites is 1. The molecule has 0 fully saturated rings. The minimum Gasteiger partial charge on any atom is -0.378 e. The molecule has 0 radical (unpaired) electrons. The first-order chi connectivity index (χ1) is 9.74. The lowest BCUT2D eigenvalue weighted by molar-refractivity contribution is 0.101. The number of nitrogens with one attached hydrogen (secondary N) is 2. The van der Waals surface area contributed by atoms with E-state index in [-0.39, 0.29) is 12.3 Å². The summed E-state index contributed by atoms with van der Waals surface area (Å²) in [5, 5.41) is 4.69. The van der Waals surface area contributed by atoms with E-state index < -0.39 is 0 Å². The topological polar surface area (TPSA) is 44.9 Å². The molecule has 3 aromatic rings. The molecule has 4 heteroatoms. The molecule has 0 saturated carbocycles. The smallest absolute Gasteiger partial charge is 0.183 e. The van der Waals surface area contributed by atoms with Crippen LogP contribution >= 0.6 is 11.6 Å². The van der Waals surface area contributed by atoms with Crippen molar-refractivity contribution >= 4 is 34.0 Å². The fraction of sp³-hybridized carbons (Fsp3) is 0.0625. The normalized spacial score (nSPS) is 10.7. The molecule has 0 amide bonds. The Morgan fingerprint density at radius 3 is 2.85 bits per heavy atom. The first kappa shape index (κ1) is 12.8. The van der Waals surface area contributed by atoms with Crippen LogP contribution in [0.15, 0.2) is 54.7 Å². The van der Waals surface area contributed by atoms with Crippen LogP contribution in [-0.4, -0.2) is 17.3 Å². The van der Waals surface area contributed by atoms with E-state index in [0.29, 0.717) is 10.6 Å². The van der Waals surface area contributed by atoms with Crippen molar-refractivity contribution in [3.63, 3.8) is 0 Å². The monoisotopic (exact) mass is 284 g/mol. The fourth-order valence-electron chi connectivity index (χ4n) is 2.18. The molecule has 0 aliphatic rings. The molecule has 3 rings (SSSR count). The number of fused-ring (bicyclic) bond motifs is 1. The highest BCUT2D eigenvalue weighted by Crippen LogP contribution is 2.19. The van der Waals surface area contributed by atoms with Crippen molar-refractivity contribution in [3.8, 4) is 0 Å². The van der Waals surface area contributed by atoms with Crippen LogP contribution in [0, 0.1) is 0 Å². The molecule has 0 saturated heterocycles. The molecular formula is C16H13ClN2O. The summed E-state index contributed by atoms with van der Waals surface area (Å²) in [6.07, 6.45) is 1.76. The number of benzene rings is 2. The molecule has 0 aliphatic heterocycles. The van der Waals surface area contributed by atoms with E-state index in [1.807, 2.05) is 36.4 Å². The molecular weight excluding hydrogens is 272 g/mol. The second-order valence-electron chi connectivity index (χ2n) is 4.54. The minimum atomic E-state index is 0.0439. The average molecular weight is 285 g/mol. The highest BCUT2D eigenvalue weighted by Gasteiger charge is 2.11. The lowest BCUT2D eigenvalue weighted by atomic mass is 10.1. The van der Waals surface area contributed by atoms with Crippen molar-refractivity contribution in [1.29, 1.82) is 0 Å². The molecule has 3 nitrogen and oxygen atoms in total. The van der Waals surface area contributed by atoms with Gasteiger partial charge in [-0.1, -0.05) is 35.9 Å². The van der Waals surface area contributed by atoms with Gasteiger partial charge >= 0.3 is 0 Å². The van der Waals surface area contributed by atoms with E-state index in [2.05, 4.69) is 10.3 Å². The van der Waals surface area contributed by atoms with Crippen LogP contribution < -0.4 is 5.32 Å². The number of aromatic amines is 1. The first-order valence-electron chi connectivity index (χ1n) is 6.33. The van der Waals surface area contributed by atoms with Crippen LogP contribution in [0.5, 0.6) is 0 Å². The number of carbonyl (C=O) groups excluding carboxylic acids is 1. The molecule has 100 valence electrons. The number of H-pyrrole nitrogens is 1. The molecule has 20 heavy (non-hydrogen) atoms. The summed E-state index contributed by atoms with van der Waals surface area (Å²) >= 11 is 5.91. The van der Waals surface area contributed by atoms with Crippen LogP contribution in [-0.2, 0) is 0 Å². The van der Waals surface area contributed by atoms with Crippen LogP contribution in [0.25, 0.3) is 10.9 Å². The Morgan fingerprint density at radius 2 is 2.00 bits per heavy atom.